The predicted octanol–water partition coefficient (Wildman–Crippen LogP) is 3.54. The summed E-state index contributed by atoms with van der Waals surface area (Å²) in [5, 5.41) is 8.10. The maximum Gasteiger partial charge on any atom is 0.323 e. The van der Waals surface area contributed by atoms with Crippen LogP contribution in [0.2, 0.25) is 0 Å². The Hall–Kier alpha value is -4.20. The van der Waals surface area contributed by atoms with Crippen molar-refractivity contribution in [2.45, 2.75) is 12.5 Å². The van der Waals surface area contributed by atoms with Crippen molar-refractivity contribution in [1.29, 1.82) is 0 Å². The highest BCUT2D eigenvalue weighted by Gasteiger charge is 2.30. The van der Waals surface area contributed by atoms with Crippen LogP contribution in [0, 0.1) is 5.82 Å². The zero-order chi connectivity index (χ0) is 22.5. The number of rotatable bonds is 5. The molecule has 0 bridgehead atoms. The van der Waals surface area contributed by atoms with Gasteiger partial charge in [0.15, 0.2) is 0 Å². The van der Waals surface area contributed by atoms with Gasteiger partial charge in [0.05, 0.1) is 11.4 Å². The molecule has 162 valence electrons. The Kier molecular flexibility index (Phi) is 6.12. The molecule has 4 rings (SSSR count). The van der Waals surface area contributed by atoms with E-state index in [0.29, 0.717) is 11.4 Å². The molecule has 8 heteroatoms. The fourth-order valence-corrected chi connectivity index (χ4v) is 3.50. The molecule has 3 aromatic rings. The van der Waals surface area contributed by atoms with Crippen molar-refractivity contribution in [3.8, 4) is 0 Å². The van der Waals surface area contributed by atoms with Gasteiger partial charge in [0.1, 0.15) is 18.4 Å². The molecule has 0 saturated heterocycles. The first-order chi connectivity index (χ1) is 15.5. The summed E-state index contributed by atoms with van der Waals surface area (Å²) < 4.78 is 13.5. The molecule has 0 radical (unpaired) electrons. The van der Waals surface area contributed by atoms with Crippen molar-refractivity contribution in [3.05, 3.63) is 90.2 Å². The minimum absolute atomic E-state index is 0.174. The predicted molar refractivity (Wildman–Crippen MR) is 120 cm³/mol. The van der Waals surface area contributed by atoms with Gasteiger partial charge in [-0.3, -0.25) is 14.5 Å². The van der Waals surface area contributed by atoms with Gasteiger partial charge in [-0.2, -0.15) is 0 Å². The van der Waals surface area contributed by atoms with Crippen LogP contribution in [0.25, 0.3) is 0 Å². The van der Waals surface area contributed by atoms with Gasteiger partial charge in [0.25, 0.3) is 0 Å². The summed E-state index contributed by atoms with van der Waals surface area (Å²) in [6, 6.07) is 20.1. The van der Waals surface area contributed by atoms with Crippen LogP contribution in [0.4, 0.5) is 26.2 Å². The zero-order valence-electron chi connectivity index (χ0n) is 17.0. The van der Waals surface area contributed by atoms with E-state index in [4.69, 9.17) is 0 Å². The normalized spacial score (nSPS) is 13.5. The van der Waals surface area contributed by atoms with Gasteiger partial charge < -0.3 is 16.0 Å². The number of fused-ring (bicyclic) bond motifs is 1. The molecule has 32 heavy (non-hydrogen) atoms. The van der Waals surface area contributed by atoms with Crippen molar-refractivity contribution in [3.63, 3.8) is 0 Å². The van der Waals surface area contributed by atoms with Crippen LogP contribution in [0.1, 0.15) is 5.56 Å². The number of carbonyl (C=O) groups excluding carboxylic acids is 3. The first-order valence-electron chi connectivity index (χ1n) is 10.1. The lowest BCUT2D eigenvalue weighted by Gasteiger charge is -2.30. The Morgan fingerprint density at radius 3 is 2.53 bits per heavy atom. The molecule has 0 unspecified atom stereocenters. The van der Waals surface area contributed by atoms with Gasteiger partial charge >= 0.3 is 6.03 Å². The third-order valence-corrected chi connectivity index (χ3v) is 5.00. The summed E-state index contributed by atoms with van der Waals surface area (Å²) in [5.74, 6) is -1.31. The van der Waals surface area contributed by atoms with E-state index < -0.39 is 23.8 Å². The second kappa shape index (κ2) is 9.30. The number of amides is 4. The molecule has 0 fully saturated rings. The summed E-state index contributed by atoms with van der Waals surface area (Å²) in [6.45, 7) is -0.174. The summed E-state index contributed by atoms with van der Waals surface area (Å²) in [4.78, 5) is 39.5. The van der Waals surface area contributed by atoms with E-state index in [1.807, 2.05) is 30.3 Å². The lowest BCUT2D eigenvalue weighted by molar-refractivity contribution is -0.118. The smallest absolute Gasteiger partial charge is 0.323 e. The molecule has 1 aliphatic rings. The van der Waals surface area contributed by atoms with Crippen LogP contribution in [-0.4, -0.2) is 30.4 Å². The average molecular weight is 432 g/mol. The minimum atomic E-state index is -0.953. The van der Waals surface area contributed by atoms with E-state index in [0.717, 1.165) is 5.56 Å². The number of anilines is 3. The van der Waals surface area contributed by atoms with Gasteiger partial charge in [-0.15, -0.1) is 0 Å². The van der Waals surface area contributed by atoms with Crippen LogP contribution in [0.3, 0.4) is 0 Å². The summed E-state index contributed by atoms with van der Waals surface area (Å²) in [6.07, 6.45) is 0.218. The van der Waals surface area contributed by atoms with E-state index in [2.05, 4.69) is 16.0 Å². The quantitative estimate of drug-likeness (QED) is 0.576. The van der Waals surface area contributed by atoms with Crippen molar-refractivity contribution in [2.24, 2.45) is 0 Å². The van der Waals surface area contributed by atoms with Crippen LogP contribution in [0.5, 0.6) is 0 Å². The molecular weight excluding hydrogens is 411 g/mol. The molecule has 0 saturated carbocycles. The second-order valence-electron chi connectivity index (χ2n) is 7.34. The van der Waals surface area contributed by atoms with Crippen LogP contribution in [0.15, 0.2) is 78.9 Å². The Morgan fingerprint density at radius 2 is 1.75 bits per heavy atom. The highest BCUT2D eigenvalue weighted by atomic mass is 19.1. The third-order valence-electron chi connectivity index (χ3n) is 5.00. The maximum absolute atomic E-state index is 13.5. The summed E-state index contributed by atoms with van der Waals surface area (Å²) >= 11 is 0. The van der Waals surface area contributed by atoms with Gasteiger partial charge in [0.2, 0.25) is 11.8 Å². The fourth-order valence-electron chi connectivity index (χ4n) is 3.50. The third kappa shape index (κ3) is 4.92. The molecule has 3 aromatic carbocycles. The number of benzene rings is 3. The molecule has 1 atom stereocenters. The number of para-hydroxylation sites is 2. The molecule has 4 amide bonds. The van der Waals surface area contributed by atoms with Crippen molar-refractivity contribution < 1.29 is 18.8 Å². The van der Waals surface area contributed by atoms with Gasteiger partial charge in [-0.1, -0.05) is 48.5 Å². The lowest BCUT2D eigenvalue weighted by Crippen LogP contribution is -2.53. The van der Waals surface area contributed by atoms with Crippen molar-refractivity contribution in [1.82, 2.24) is 5.32 Å². The average Bonchev–Trinajstić information content (AvgIpc) is 2.78. The summed E-state index contributed by atoms with van der Waals surface area (Å²) in [5.41, 5.74) is 2.17. The number of nitrogens with one attached hydrogen (secondary N) is 3. The number of hydrogen-bond acceptors (Lipinski definition) is 3. The molecule has 1 aliphatic heterocycles. The largest absolute Gasteiger partial charge is 0.326 e. The zero-order valence-corrected chi connectivity index (χ0v) is 17.0. The lowest BCUT2D eigenvalue weighted by atomic mass is 10.1. The second-order valence-corrected chi connectivity index (χ2v) is 7.34. The highest BCUT2D eigenvalue weighted by molar-refractivity contribution is 6.10. The van der Waals surface area contributed by atoms with E-state index >= 15 is 0 Å². The minimum Gasteiger partial charge on any atom is -0.326 e. The first kappa shape index (κ1) is 21.0. The number of halogens is 1. The van der Waals surface area contributed by atoms with Crippen LogP contribution in [-0.2, 0) is 16.0 Å². The molecule has 7 nitrogen and oxygen atoms in total. The monoisotopic (exact) mass is 432 g/mol. The van der Waals surface area contributed by atoms with E-state index in [9.17, 15) is 18.8 Å². The Labute approximate surface area is 184 Å². The standard InChI is InChI=1S/C24H21FN4O3/c25-17-9-6-10-18(14-17)26-23(31)20(13-16-7-2-1-3-8-16)28-24(32)29-15-22(30)27-19-11-4-5-12-21(19)29/h1-12,14,20H,13,15H2,(H,26,31)(H,27,30)(H,28,32)/t20-/m0/s1. The highest BCUT2D eigenvalue weighted by Crippen LogP contribution is 2.28. The van der Waals surface area contributed by atoms with Gasteiger partial charge in [0, 0.05) is 12.1 Å². The first-order valence-corrected chi connectivity index (χ1v) is 10.1. The fraction of sp³-hybridized carbons (Fsp3) is 0.125. The summed E-state index contributed by atoms with van der Waals surface area (Å²) in [7, 11) is 0. The Bertz CT molecular complexity index is 1150. The van der Waals surface area contributed by atoms with E-state index in [-0.39, 0.29) is 24.6 Å². The Balaban J connectivity index is 1.56. The van der Waals surface area contributed by atoms with E-state index in [1.165, 1.54) is 23.1 Å². The number of hydrogen-bond donors (Lipinski definition) is 3. The van der Waals surface area contributed by atoms with Crippen LogP contribution >= 0.6 is 0 Å². The number of urea groups is 1. The molecule has 0 aromatic heterocycles. The van der Waals surface area contributed by atoms with Crippen molar-refractivity contribution >= 4 is 34.9 Å². The van der Waals surface area contributed by atoms with Gasteiger partial charge in [-0.05, 0) is 35.9 Å². The topological polar surface area (TPSA) is 90.5 Å². The molecule has 3 N–H and O–H groups in total. The molecule has 1 heterocycles. The van der Waals surface area contributed by atoms with Crippen LogP contribution < -0.4 is 20.9 Å². The molecule has 0 aliphatic carbocycles. The Morgan fingerprint density at radius 1 is 1.00 bits per heavy atom. The SMILES string of the molecule is O=C1CN(C(=O)N[C@@H](Cc2ccccc2)C(=O)Nc2cccc(F)c2)c2ccccc2N1. The number of carbonyl (C=O) groups is 3. The van der Waals surface area contributed by atoms with E-state index in [1.54, 1.807) is 30.3 Å². The van der Waals surface area contributed by atoms with Crippen molar-refractivity contribution in [2.75, 3.05) is 22.1 Å². The maximum atomic E-state index is 13.5. The van der Waals surface area contributed by atoms with Gasteiger partial charge in [-0.25, -0.2) is 9.18 Å². The number of nitrogens with zero attached hydrogens (tertiary/aromatic N) is 1. The molecule has 0 spiro atoms. The molecular formula is C24H21FN4O3.